The maximum Gasteiger partial charge on any atom is 0.138 e. The van der Waals surface area contributed by atoms with E-state index < -0.39 is 0 Å². The topological polar surface area (TPSA) is 34.7 Å². The normalized spacial score (nSPS) is 11.7. The van der Waals surface area contributed by atoms with Gasteiger partial charge in [0, 0.05) is 17.0 Å². The van der Waals surface area contributed by atoms with Crippen LogP contribution in [0.2, 0.25) is 5.02 Å². The standard InChI is InChI=1S/C22H15ClFNO2/c1-26-16-10-11-21-18(12-16)20(25-15-8-6-14(24)7-9-15)13-22(27-21)17-4-2-3-5-19(17)23/h2-13H,1H3. The number of benzene rings is 3. The van der Waals surface area contributed by atoms with Crippen LogP contribution in [0.5, 0.6) is 5.75 Å². The van der Waals surface area contributed by atoms with E-state index in [1.165, 1.54) is 12.1 Å². The lowest BCUT2D eigenvalue weighted by Crippen LogP contribution is -2.03. The number of hydrogen-bond acceptors (Lipinski definition) is 3. The number of hydrogen-bond donors (Lipinski definition) is 0. The van der Waals surface area contributed by atoms with Crippen LogP contribution in [-0.4, -0.2) is 7.11 Å². The quantitative estimate of drug-likeness (QED) is 0.429. The van der Waals surface area contributed by atoms with Gasteiger partial charge in [-0.3, -0.25) is 0 Å². The third-order valence-corrected chi connectivity index (χ3v) is 4.50. The summed E-state index contributed by atoms with van der Waals surface area (Å²) in [7, 11) is 1.60. The molecule has 4 aromatic rings. The highest BCUT2D eigenvalue weighted by molar-refractivity contribution is 6.33. The van der Waals surface area contributed by atoms with Crippen LogP contribution in [0.15, 0.2) is 82.2 Å². The van der Waals surface area contributed by atoms with E-state index in [2.05, 4.69) is 4.99 Å². The van der Waals surface area contributed by atoms with Crippen molar-refractivity contribution in [2.75, 3.05) is 7.11 Å². The minimum Gasteiger partial charge on any atom is -0.497 e. The second-order valence-electron chi connectivity index (χ2n) is 5.93. The molecular formula is C22H15ClFNO2. The molecule has 1 aromatic heterocycles. The minimum absolute atomic E-state index is 0.305. The van der Waals surface area contributed by atoms with Gasteiger partial charge in [-0.25, -0.2) is 9.38 Å². The Labute approximate surface area is 160 Å². The van der Waals surface area contributed by atoms with Crippen LogP contribution in [-0.2, 0) is 0 Å². The van der Waals surface area contributed by atoms with E-state index in [9.17, 15) is 4.39 Å². The van der Waals surface area contributed by atoms with Gasteiger partial charge < -0.3 is 9.15 Å². The summed E-state index contributed by atoms with van der Waals surface area (Å²) in [6, 6.07) is 20.8. The van der Waals surface area contributed by atoms with Crippen LogP contribution >= 0.6 is 11.6 Å². The van der Waals surface area contributed by atoms with E-state index in [1.807, 2.05) is 42.5 Å². The molecule has 0 saturated carbocycles. The highest BCUT2D eigenvalue weighted by Crippen LogP contribution is 2.30. The zero-order valence-electron chi connectivity index (χ0n) is 14.4. The van der Waals surface area contributed by atoms with Gasteiger partial charge in [-0.05, 0) is 54.6 Å². The monoisotopic (exact) mass is 379 g/mol. The summed E-state index contributed by atoms with van der Waals surface area (Å²) in [5.41, 5.74) is 2.05. The molecule has 3 nitrogen and oxygen atoms in total. The van der Waals surface area contributed by atoms with Crippen molar-refractivity contribution in [3.8, 4) is 17.1 Å². The van der Waals surface area contributed by atoms with Gasteiger partial charge in [-0.15, -0.1) is 0 Å². The van der Waals surface area contributed by atoms with E-state index in [4.69, 9.17) is 20.8 Å². The van der Waals surface area contributed by atoms with Crippen molar-refractivity contribution < 1.29 is 13.5 Å². The average molecular weight is 380 g/mol. The molecule has 27 heavy (non-hydrogen) atoms. The first-order valence-corrected chi connectivity index (χ1v) is 8.69. The molecule has 5 heteroatoms. The van der Waals surface area contributed by atoms with Crippen LogP contribution in [0.1, 0.15) is 0 Å². The lowest BCUT2D eigenvalue weighted by atomic mass is 10.1. The summed E-state index contributed by atoms with van der Waals surface area (Å²) in [6.45, 7) is 0. The molecule has 0 unspecified atom stereocenters. The predicted molar refractivity (Wildman–Crippen MR) is 105 cm³/mol. The largest absolute Gasteiger partial charge is 0.497 e. The molecule has 0 fully saturated rings. The van der Waals surface area contributed by atoms with Crippen molar-refractivity contribution in [2.24, 2.45) is 4.99 Å². The fourth-order valence-electron chi connectivity index (χ4n) is 2.82. The van der Waals surface area contributed by atoms with E-state index in [0.717, 1.165) is 10.9 Å². The first-order valence-electron chi connectivity index (χ1n) is 8.31. The molecule has 3 aromatic carbocycles. The second kappa shape index (κ2) is 7.25. The number of methoxy groups -OCH3 is 1. The zero-order valence-corrected chi connectivity index (χ0v) is 15.2. The molecule has 0 spiro atoms. The second-order valence-corrected chi connectivity index (χ2v) is 6.33. The summed E-state index contributed by atoms with van der Waals surface area (Å²) < 4.78 is 24.6. The van der Waals surface area contributed by atoms with Gasteiger partial charge in [0.05, 0.1) is 23.2 Å². The lowest BCUT2D eigenvalue weighted by molar-refractivity contribution is 0.415. The Morgan fingerprint density at radius 2 is 1.74 bits per heavy atom. The van der Waals surface area contributed by atoms with Gasteiger partial charge in [-0.2, -0.15) is 0 Å². The van der Waals surface area contributed by atoms with Crippen LogP contribution in [0.4, 0.5) is 10.1 Å². The first kappa shape index (κ1) is 17.3. The fourth-order valence-corrected chi connectivity index (χ4v) is 3.04. The number of halogens is 2. The highest BCUT2D eigenvalue weighted by Gasteiger charge is 2.10. The maximum atomic E-state index is 13.2. The number of fused-ring (bicyclic) bond motifs is 1. The third-order valence-electron chi connectivity index (χ3n) is 4.17. The molecule has 0 aliphatic rings. The van der Waals surface area contributed by atoms with Crippen LogP contribution < -0.4 is 10.1 Å². The van der Waals surface area contributed by atoms with Crippen LogP contribution in [0.25, 0.3) is 22.3 Å². The predicted octanol–water partition coefficient (Wildman–Crippen LogP) is 6.13. The van der Waals surface area contributed by atoms with Crippen molar-refractivity contribution in [2.45, 2.75) is 0 Å². The Morgan fingerprint density at radius 3 is 2.48 bits per heavy atom. The van der Waals surface area contributed by atoms with Crippen molar-refractivity contribution in [3.63, 3.8) is 0 Å². The number of nitrogens with zero attached hydrogens (tertiary/aromatic N) is 1. The van der Waals surface area contributed by atoms with E-state index in [-0.39, 0.29) is 5.82 Å². The Bertz CT molecular complexity index is 1180. The zero-order chi connectivity index (χ0) is 18.8. The molecule has 0 radical (unpaired) electrons. The van der Waals surface area contributed by atoms with Crippen molar-refractivity contribution in [3.05, 3.63) is 89.0 Å². The van der Waals surface area contributed by atoms with Crippen LogP contribution in [0, 0.1) is 5.82 Å². The molecule has 1 heterocycles. The molecule has 0 aliphatic heterocycles. The van der Waals surface area contributed by atoms with Crippen LogP contribution in [0.3, 0.4) is 0 Å². The van der Waals surface area contributed by atoms with E-state index in [0.29, 0.717) is 33.2 Å². The molecule has 0 aliphatic carbocycles. The van der Waals surface area contributed by atoms with Gasteiger partial charge in [0.2, 0.25) is 0 Å². The Balaban J connectivity index is 2.01. The number of rotatable bonds is 3. The van der Waals surface area contributed by atoms with Gasteiger partial charge in [0.25, 0.3) is 0 Å². The summed E-state index contributed by atoms with van der Waals surface area (Å²) in [4.78, 5) is 4.68. The smallest absolute Gasteiger partial charge is 0.138 e. The third kappa shape index (κ3) is 3.57. The van der Waals surface area contributed by atoms with Gasteiger partial charge in [0.15, 0.2) is 0 Å². The van der Waals surface area contributed by atoms with E-state index >= 15 is 0 Å². The highest BCUT2D eigenvalue weighted by atomic mass is 35.5. The Kier molecular flexibility index (Phi) is 4.65. The molecule has 0 N–H and O–H groups in total. The lowest BCUT2D eigenvalue weighted by Gasteiger charge is -2.08. The molecule has 134 valence electrons. The Hall–Kier alpha value is -3.11. The molecule has 0 amide bonds. The van der Waals surface area contributed by atoms with Gasteiger partial charge in [0.1, 0.15) is 22.9 Å². The molecular weight excluding hydrogens is 365 g/mol. The van der Waals surface area contributed by atoms with Gasteiger partial charge >= 0.3 is 0 Å². The fraction of sp³-hybridized carbons (Fsp3) is 0.0455. The summed E-state index contributed by atoms with van der Waals surface area (Å²) in [6.07, 6.45) is 0. The summed E-state index contributed by atoms with van der Waals surface area (Å²) >= 11 is 6.34. The number of ether oxygens (including phenoxy) is 1. The van der Waals surface area contributed by atoms with Crippen molar-refractivity contribution in [1.82, 2.24) is 0 Å². The first-order chi connectivity index (χ1) is 13.1. The average Bonchev–Trinajstić information content (AvgIpc) is 2.69. The molecule has 0 bridgehead atoms. The van der Waals surface area contributed by atoms with Crippen molar-refractivity contribution in [1.29, 1.82) is 0 Å². The SMILES string of the molecule is COc1ccc2oc(-c3ccccc3Cl)cc(=Nc3ccc(F)cc3)c2c1. The molecule has 0 atom stereocenters. The minimum atomic E-state index is -0.305. The van der Waals surface area contributed by atoms with Crippen molar-refractivity contribution >= 4 is 28.3 Å². The molecule has 4 rings (SSSR count). The molecule has 0 saturated heterocycles. The Morgan fingerprint density at radius 1 is 0.963 bits per heavy atom. The summed E-state index contributed by atoms with van der Waals surface area (Å²) in [5.74, 6) is 0.984. The van der Waals surface area contributed by atoms with Gasteiger partial charge in [-0.1, -0.05) is 23.7 Å². The summed E-state index contributed by atoms with van der Waals surface area (Å²) in [5, 5.41) is 2.05. The van der Waals surface area contributed by atoms with E-state index in [1.54, 1.807) is 25.3 Å². The maximum absolute atomic E-state index is 13.2.